The Labute approximate surface area is 143 Å². The highest BCUT2D eigenvalue weighted by atomic mass is 32.2. The largest absolute Gasteiger partial charge is 0.357 e. The molecule has 9 heteroatoms. The number of carbonyl (C=O) groups is 1. The molecule has 0 spiro atoms. The Kier molecular flexibility index (Phi) is 5.78. The predicted molar refractivity (Wildman–Crippen MR) is 95.2 cm³/mol. The van der Waals surface area contributed by atoms with E-state index in [1.807, 2.05) is 27.8 Å². The fourth-order valence-corrected chi connectivity index (χ4v) is 3.78. The van der Waals surface area contributed by atoms with Gasteiger partial charge in [0, 0.05) is 13.6 Å². The zero-order valence-electron chi connectivity index (χ0n) is 13.6. The Balaban J connectivity index is 1.97. The van der Waals surface area contributed by atoms with Crippen molar-refractivity contribution in [3.05, 3.63) is 24.0 Å². The molecule has 124 valence electrons. The molecule has 7 nitrogen and oxygen atoms in total. The Bertz CT molecular complexity index is 708. The molecule has 0 saturated carbocycles. The number of aryl methyl sites for hydroxylation is 2. The number of amides is 1. The van der Waals surface area contributed by atoms with E-state index in [4.69, 9.17) is 0 Å². The summed E-state index contributed by atoms with van der Waals surface area (Å²) in [5.41, 5.74) is 2.51. The zero-order chi connectivity index (χ0) is 17.0. The average Bonchev–Trinajstić information content (AvgIpc) is 3.05. The van der Waals surface area contributed by atoms with E-state index in [0.29, 0.717) is 6.54 Å². The zero-order valence-corrected chi connectivity index (χ0v) is 15.2. The van der Waals surface area contributed by atoms with Crippen molar-refractivity contribution in [1.29, 1.82) is 0 Å². The van der Waals surface area contributed by atoms with E-state index >= 15 is 0 Å². The van der Waals surface area contributed by atoms with Crippen molar-refractivity contribution < 1.29 is 4.79 Å². The van der Waals surface area contributed by atoms with Crippen LogP contribution in [0, 0.1) is 13.8 Å². The number of nitrogens with zero attached hydrogens (tertiary/aromatic N) is 4. The monoisotopic (exact) mass is 352 g/mol. The van der Waals surface area contributed by atoms with Crippen molar-refractivity contribution in [2.24, 2.45) is 7.05 Å². The lowest BCUT2D eigenvalue weighted by molar-refractivity contribution is -0.115. The van der Waals surface area contributed by atoms with Gasteiger partial charge in [0.05, 0.1) is 22.3 Å². The average molecular weight is 352 g/mol. The van der Waals surface area contributed by atoms with E-state index in [0.717, 1.165) is 26.5 Å². The van der Waals surface area contributed by atoms with Gasteiger partial charge in [-0.15, -0.1) is 16.8 Å². The SMILES string of the molecule is C=CCNc1nnc(S[C@@H](C)C(=O)Nc2c(C)nn(C)c2C)s1. The van der Waals surface area contributed by atoms with Crippen molar-refractivity contribution in [2.45, 2.75) is 30.4 Å². The summed E-state index contributed by atoms with van der Waals surface area (Å²) in [6.45, 7) is 9.92. The first-order chi connectivity index (χ1) is 10.9. The molecule has 23 heavy (non-hydrogen) atoms. The lowest BCUT2D eigenvalue weighted by Gasteiger charge is -2.10. The van der Waals surface area contributed by atoms with Crippen LogP contribution in [0.25, 0.3) is 0 Å². The third-order valence-corrected chi connectivity index (χ3v) is 5.27. The molecule has 0 radical (unpaired) electrons. The molecule has 2 aromatic rings. The first-order valence-electron chi connectivity index (χ1n) is 7.08. The Morgan fingerprint density at radius 2 is 2.22 bits per heavy atom. The summed E-state index contributed by atoms with van der Waals surface area (Å²) in [6, 6.07) is 0. The van der Waals surface area contributed by atoms with E-state index in [1.165, 1.54) is 23.1 Å². The quantitative estimate of drug-likeness (QED) is 0.588. The van der Waals surface area contributed by atoms with Crippen LogP contribution in [0.2, 0.25) is 0 Å². The molecule has 0 bridgehead atoms. The highest BCUT2D eigenvalue weighted by Gasteiger charge is 2.20. The predicted octanol–water partition coefficient (Wildman–Crippen LogP) is 2.61. The van der Waals surface area contributed by atoms with Gasteiger partial charge in [0.2, 0.25) is 11.0 Å². The molecule has 2 aromatic heterocycles. The fourth-order valence-electron chi connectivity index (χ4n) is 1.87. The third kappa shape index (κ3) is 4.32. The van der Waals surface area contributed by atoms with Gasteiger partial charge in [0.1, 0.15) is 0 Å². The first-order valence-corrected chi connectivity index (χ1v) is 8.78. The van der Waals surface area contributed by atoms with Gasteiger partial charge in [-0.05, 0) is 20.8 Å². The Hall–Kier alpha value is -1.87. The van der Waals surface area contributed by atoms with Crippen LogP contribution in [0.5, 0.6) is 0 Å². The second kappa shape index (κ2) is 7.60. The van der Waals surface area contributed by atoms with Crippen LogP contribution in [0.3, 0.4) is 0 Å². The van der Waals surface area contributed by atoms with Crippen LogP contribution in [0.4, 0.5) is 10.8 Å². The standard InChI is InChI=1S/C14H20N6OS2/c1-6-7-15-13-17-18-14(23-13)22-10(4)12(21)16-11-8(2)19-20(5)9(11)3/h6,10H,1,7H2,2-5H3,(H,15,17)(H,16,21)/t10-/m0/s1. The summed E-state index contributed by atoms with van der Waals surface area (Å²) >= 11 is 2.80. The lowest BCUT2D eigenvalue weighted by Crippen LogP contribution is -2.23. The Morgan fingerprint density at radius 3 is 2.83 bits per heavy atom. The topological polar surface area (TPSA) is 84.7 Å². The summed E-state index contributed by atoms with van der Waals surface area (Å²) in [7, 11) is 1.86. The van der Waals surface area contributed by atoms with Crippen molar-refractivity contribution in [2.75, 3.05) is 17.2 Å². The molecular formula is C14H20N6OS2. The smallest absolute Gasteiger partial charge is 0.237 e. The van der Waals surface area contributed by atoms with Crippen LogP contribution in [-0.4, -0.2) is 37.7 Å². The first kappa shape index (κ1) is 17.5. The number of hydrogen-bond acceptors (Lipinski definition) is 7. The minimum absolute atomic E-state index is 0.0787. The molecule has 0 fully saturated rings. The van der Waals surface area contributed by atoms with Crippen LogP contribution in [0.15, 0.2) is 17.0 Å². The van der Waals surface area contributed by atoms with Crippen molar-refractivity contribution >= 4 is 39.8 Å². The van der Waals surface area contributed by atoms with E-state index < -0.39 is 0 Å². The summed E-state index contributed by atoms with van der Waals surface area (Å²) in [6.07, 6.45) is 1.75. The van der Waals surface area contributed by atoms with Crippen molar-refractivity contribution in [1.82, 2.24) is 20.0 Å². The van der Waals surface area contributed by atoms with Crippen LogP contribution < -0.4 is 10.6 Å². The number of nitrogens with one attached hydrogen (secondary N) is 2. The van der Waals surface area contributed by atoms with Gasteiger partial charge in [-0.25, -0.2) is 0 Å². The maximum atomic E-state index is 12.4. The molecule has 0 unspecified atom stereocenters. The Morgan fingerprint density at radius 1 is 1.48 bits per heavy atom. The van der Waals surface area contributed by atoms with Gasteiger partial charge in [-0.2, -0.15) is 5.10 Å². The molecule has 0 aliphatic heterocycles. The minimum Gasteiger partial charge on any atom is -0.357 e. The van der Waals surface area contributed by atoms with Gasteiger partial charge in [-0.1, -0.05) is 29.2 Å². The molecule has 1 atom stereocenters. The normalized spacial score (nSPS) is 12.0. The number of hydrogen-bond donors (Lipinski definition) is 2. The van der Waals surface area contributed by atoms with Gasteiger partial charge in [-0.3, -0.25) is 9.48 Å². The number of carbonyl (C=O) groups excluding carboxylic acids is 1. The van der Waals surface area contributed by atoms with Crippen molar-refractivity contribution in [3.63, 3.8) is 0 Å². The third-order valence-electron chi connectivity index (χ3n) is 3.21. The van der Waals surface area contributed by atoms with Crippen LogP contribution >= 0.6 is 23.1 Å². The maximum absolute atomic E-state index is 12.4. The molecule has 2 heterocycles. The van der Waals surface area contributed by atoms with Crippen LogP contribution in [0.1, 0.15) is 18.3 Å². The fraction of sp³-hybridized carbons (Fsp3) is 0.429. The van der Waals surface area contributed by atoms with E-state index in [2.05, 4.69) is 32.5 Å². The summed E-state index contributed by atoms with van der Waals surface area (Å²) in [5.74, 6) is -0.0787. The van der Waals surface area contributed by atoms with Crippen LogP contribution in [-0.2, 0) is 11.8 Å². The van der Waals surface area contributed by atoms with Gasteiger partial charge < -0.3 is 10.6 Å². The van der Waals surface area contributed by atoms with E-state index in [-0.39, 0.29) is 11.2 Å². The van der Waals surface area contributed by atoms with E-state index in [1.54, 1.807) is 10.8 Å². The van der Waals surface area contributed by atoms with E-state index in [9.17, 15) is 4.79 Å². The maximum Gasteiger partial charge on any atom is 0.237 e. The van der Waals surface area contributed by atoms with Gasteiger partial charge in [0.15, 0.2) is 4.34 Å². The molecule has 2 rings (SSSR count). The number of anilines is 2. The summed E-state index contributed by atoms with van der Waals surface area (Å²) < 4.78 is 2.50. The second-order valence-corrected chi connectivity index (χ2v) is 7.53. The van der Waals surface area contributed by atoms with Gasteiger partial charge in [0.25, 0.3) is 0 Å². The van der Waals surface area contributed by atoms with Crippen molar-refractivity contribution in [3.8, 4) is 0 Å². The second-order valence-electron chi connectivity index (χ2n) is 4.96. The summed E-state index contributed by atoms with van der Waals surface area (Å²) in [5, 5.41) is 18.9. The number of thioether (sulfide) groups is 1. The molecule has 0 aromatic carbocycles. The number of rotatable bonds is 7. The number of aromatic nitrogens is 4. The summed E-state index contributed by atoms with van der Waals surface area (Å²) in [4.78, 5) is 12.4. The lowest BCUT2D eigenvalue weighted by atomic mass is 10.3. The highest BCUT2D eigenvalue weighted by Crippen LogP contribution is 2.29. The minimum atomic E-state index is -0.283. The highest BCUT2D eigenvalue weighted by molar-refractivity contribution is 8.02. The molecular weight excluding hydrogens is 332 g/mol. The van der Waals surface area contributed by atoms with Gasteiger partial charge >= 0.3 is 0 Å². The molecule has 0 aliphatic carbocycles. The molecule has 0 saturated heterocycles. The molecule has 2 N–H and O–H groups in total. The molecule has 0 aliphatic rings. The molecule has 1 amide bonds.